The van der Waals surface area contributed by atoms with Gasteiger partial charge in [0.1, 0.15) is 5.82 Å². The molecular weight excluding hydrogens is 291 g/mol. The Morgan fingerprint density at radius 1 is 1.65 bits per heavy atom. The average Bonchev–Trinajstić information content (AvgIpc) is 2.81. The fourth-order valence-electron chi connectivity index (χ4n) is 1.91. The molecule has 0 radical (unpaired) electrons. The highest BCUT2D eigenvalue weighted by molar-refractivity contribution is 9.10. The monoisotopic (exact) mass is 302 g/mol. The highest BCUT2D eigenvalue weighted by Gasteiger charge is 2.29. The molecule has 0 bridgehead atoms. The Labute approximate surface area is 107 Å². The summed E-state index contributed by atoms with van der Waals surface area (Å²) in [6.07, 6.45) is 0.714. The zero-order valence-corrected chi connectivity index (χ0v) is 10.9. The molecule has 0 N–H and O–H groups in total. The van der Waals surface area contributed by atoms with E-state index in [4.69, 9.17) is 4.74 Å². The van der Waals surface area contributed by atoms with Gasteiger partial charge in [0.05, 0.1) is 17.5 Å². The summed E-state index contributed by atoms with van der Waals surface area (Å²) in [7, 11) is 1.38. The van der Waals surface area contributed by atoms with Gasteiger partial charge in [-0.15, -0.1) is 0 Å². The Morgan fingerprint density at radius 3 is 3.06 bits per heavy atom. The van der Waals surface area contributed by atoms with Crippen LogP contribution in [0.15, 0.2) is 16.6 Å². The SMILES string of the molecule is COC(=O)[C@H]1CCN(c2ccc(Br)c(F)n2)C1. The fraction of sp³-hybridized carbons (Fsp3) is 0.455. The molecule has 17 heavy (non-hydrogen) atoms. The molecular formula is C11H12BrFN2O2. The van der Waals surface area contributed by atoms with Gasteiger partial charge in [-0.25, -0.2) is 4.98 Å². The molecule has 0 unspecified atom stereocenters. The van der Waals surface area contributed by atoms with Crippen LogP contribution >= 0.6 is 15.9 Å². The highest BCUT2D eigenvalue weighted by Crippen LogP contribution is 2.25. The third kappa shape index (κ3) is 2.57. The number of methoxy groups -OCH3 is 1. The second-order valence-electron chi connectivity index (χ2n) is 3.90. The van der Waals surface area contributed by atoms with Crippen molar-refractivity contribution in [3.8, 4) is 0 Å². The number of anilines is 1. The Balaban J connectivity index is 2.10. The summed E-state index contributed by atoms with van der Waals surface area (Å²) in [5, 5.41) is 0. The third-order valence-electron chi connectivity index (χ3n) is 2.84. The predicted molar refractivity (Wildman–Crippen MR) is 64.2 cm³/mol. The smallest absolute Gasteiger partial charge is 0.310 e. The average molecular weight is 303 g/mol. The summed E-state index contributed by atoms with van der Waals surface area (Å²) >= 11 is 3.05. The first kappa shape index (κ1) is 12.3. The van der Waals surface area contributed by atoms with Crippen LogP contribution in [0, 0.1) is 11.9 Å². The Morgan fingerprint density at radius 2 is 2.41 bits per heavy atom. The summed E-state index contributed by atoms with van der Waals surface area (Å²) < 4.78 is 18.3. The van der Waals surface area contributed by atoms with Crippen molar-refractivity contribution in [3.05, 3.63) is 22.6 Å². The summed E-state index contributed by atoms with van der Waals surface area (Å²) in [6, 6.07) is 3.34. The maximum Gasteiger partial charge on any atom is 0.310 e. The van der Waals surface area contributed by atoms with Gasteiger partial charge in [0.15, 0.2) is 0 Å². The zero-order chi connectivity index (χ0) is 12.4. The van der Waals surface area contributed by atoms with Crippen LogP contribution in [-0.4, -0.2) is 31.2 Å². The van der Waals surface area contributed by atoms with Crippen molar-refractivity contribution < 1.29 is 13.9 Å². The quantitative estimate of drug-likeness (QED) is 0.619. The van der Waals surface area contributed by atoms with E-state index in [9.17, 15) is 9.18 Å². The number of esters is 1. The topological polar surface area (TPSA) is 42.4 Å². The molecule has 1 aromatic heterocycles. The molecule has 92 valence electrons. The normalized spacial score (nSPS) is 19.5. The number of nitrogens with zero attached hydrogens (tertiary/aromatic N) is 2. The standard InChI is InChI=1S/C11H12BrFN2O2/c1-17-11(16)7-4-5-15(6-7)9-3-2-8(12)10(13)14-9/h2-3,7H,4-6H2,1H3/t7-/m0/s1. The molecule has 2 heterocycles. The molecule has 1 atom stereocenters. The molecule has 0 saturated carbocycles. The van der Waals surface area contributed by atoms with Crippen molar-refractivity contribution in [2.24, 2.45) is 5.92 Å². The summed E-state index contributed by atoms with van der Waals surface area (Å²) in [5.74, 6) is -0.347. The Kier molecular flexibility index (Phi) is 3.61. The molecule has 0 spiro atoms. The lowest BCUT2D eigenvalue weighted by atomic mass is 10.1. The van der Waals surface area contributed by atoms with Crippen molar-refractivity contribution in [2.75, 3.05) is 25.1 Å². The van der Waals surface area contributed by atoms with Crippen molar-refractivity contribution in [2.45, 2.75) is 6.42 Å². The van der Waals surface area contributed by atoms with Crippen LogP contribution in [0.2, 0.25) is 0 Å². The number of rotatable bonds is 2. The summed E-state index contributed by atoms with van der Waals surface area (Å²) in [6.45, 7) is 1.22. The minimum Gasteiger partial charge on any atom is -0.469 e. The molecule has 1 aromatic rings. The van der Waals surface area contributed by atoms with Gasteiger partial charge in [-0.3, -0.25) is 4.79 Å². The van der Waals surface area contributed by atoms with E-state index in [2.05, 4.69) is 20.9 Å². The Bertz CT molecular complexity index is 441. The van der Waals surface area contributed by atoms with Crippen LogP contribution < -0.4 is 4.90 Å². The number of halogens is 2. The van der Waals surface area contributed by atoms with Gasteiger partial charge in [0.25, 0.3) is 0 Å². The van der Waals surface area contributed by atoms with Crippen LogP contribution in [0.3, 0.4) is 0 Å². The van der Waals surface area contributed by atoms with Crippen molar-refractivity contribution >= 4 is 27.7 Å². The Hall–Kier alpha value is -1.17. The van der Waals surface area contributed by atoms with E-state index >= 15 is 0 Å². The maximum atomic E-state index is 13.3. The van der Waals surface area contributed by atoms with Crippen molar-refractivity contribution in [1.82, 2.24) is 4.98 Å². The first-order valence-electron chi connectivity index (χ1n) is 5.26. The van der Waals surface area contributed by atoms with E-state index in [1.54, 1.807) is 12.1 Å². The fourth-order valence-corrected chi connectivity index (χ4v) is 2.13. The van der Waals surface area contributed by atoms with Crippen LogP contribution in [0.1, 0.15) is 6.42 Å². The van der Waals surface area contributed by atoms with Gasteiger partial charge in [-0.05, 0) is 34.5 Å². The van der Waals surface area contributed by atoms with Crippen LogP contribution in [0.5, 0.6) is 0 Å². The second kappa shape index (κ2) is 5.00. The highest BCUT2D eigenvalue weighted by atomic mass is 79.9. The molecule has 6 heteroatoms. The van der Waals surface area contributed by atoms with E-state index in [1.807, 2.05) is 4.90 Å². The minimum absolute atomic E-state index is 0.145. The molecule has 1 aliphatic heterocycles. The van der Waals surface area contributed by atoms with Gasteiger partial charge in [0.2, 0.25) is 5.95 Å². The molecule has 0 aromatic carbocycles. The maximum absolute atomic E-state index is 13.3. The number of pyridine rings is 1. The van der Waals surface area contributed by atoms with Crippen LogP contribution in [0.25, 0.3) is 0 Å². The van der Waals surface area contributed by atoms with Crippen LogP contribution in [-0.2, 0) is 9.53 Å². The van der Waals surface area contributed by atoms with E-state index < -0.39 is 5.95 Å². The largest absolute Gasteiger partial charge is 0.469 e. The number of hydrogen-bond acceptors (Lipinski definition) is 4. The molecule has 2 rings (SSSR count). The minimum atomic E-state index is -0.538. The summed E-state index contributed by atoms with van der Waals surface area (Å²) in [5.41, 5.74) is 0. The van der Waals surface area contributed by atoms with Gasteiger partial charge in [-0.2, -0.15) is 4.39 Å². The number of ether oxygens (including phenoxy) is 1. The second-order valence-corrected chi connectivity index (χ2v) is 4.75. The number of hydrogen-bond donors (Lipinski definition) is 0. The predicted octanol–water partition coefficient (Wildman–Crippen LogP) is 1.98. The van der Waals surface area contributed by atoms with Gasteiger partial charge in [0, 0.05) is 13.1 Å². The first-order chi connectivity index (χ1) is 8.11. The van der Waals surface area contributed by atoms with Gasteiger partial charge in [-0.1, -0.05) is 0 Å². The third-order valence-corrected chi connectivity index (χ3v) is 3.43. The molecule has 1 aliphatic rings. The number of carbonyl (C=O) groups is 1. The van der Waals surface area contributed by atoms with E-state index in [1.165, 1.54) is 7.11 Å². The number of aromatic nitrogens is 1. The molecule has 0 aliphatic carbocycles. The van der Waals surface area contributed by atoms with Gasteiger partial charge < -0.3 is 9.64 Å². The van der Waals surface area contributed by atoms with Crippen molar-refractivity contribution in [1.29, 1.82) is 0 Å². The van der Waals surface area contributed by atoms with E-state index in [0.29, 0.717) is 29.8 Å². The van der Waals surface area contributed by atoms with E-state index in [-0.39, 0.29) is 11.9 Å². The van der Waals surface area contributed by atoms with E-state index in [0.717, 1.165) is 0 Å². The molecule has 1 saturated heterocycles. The van der Waals surface area contributed by atoms with Crippen LogP contribution in [0.4, 0.5) is 10.2 Å². The summed E-state index contributed by atoms with van der Waals surface area (Å²) in [4.78, 5) is 17.1. The lowest BCUT2D eigenvalue weighted by molar-refractivity contribution is -0.144. The lowest BCUT2D eigenvalue weighted by Gasteiger charge is -2.17. The lowest BCUT2D eigenvalue weighted by Crippen LogP contribution is -2.24. The molecule has 4 nitrogen and oxygen atoms in total. The zero-order valence-electron chi connectivity index (χ0n) is 9.32. The first-order valence-corrected chi connectivity index (χ1v) is 6.06. The van der Waals surface area contributed by atoms with Crippen molar-refractivity contribution in [3.63, 3.8) is 0 Å². The molecule has 0 amide bonds. The molecule has 1 fully saturated rings. The van der Waals surface area contributed by atoms with Gasteiger partial charge >= 0.3 is 5.97 Å². The number of carbonyl (C=O) groups excluding carboxylic acids is 1.